The predicted molar refractivity (Wildman–Crippen MR) is 144 cm³/mol. The molecule has 2 atom stereocenters. The Kier molecular flexibility index (Phi) is 14.1. The molecule has 0 heterocycles. The largest absolute Gasteiger partial charge is 0.453 e. The average molecular weight is 552 g/mol. The molecule has 0 aliphatic carbocycles. The molecule has 0 saturated heterocycles. The van der Waals surface area contributed by atoms with Gasteiger partial charge < -0.3 is 46.7 Å². The third-order valence-corrected chi connectivity index (χ3v) is 5.78. The first-order valence-electron chi connectivity index (χ1n) is 12.5. The van der Waals surface area contributed by atoms with Crippen molar-refractivity contribution in [3.05, 3.63) is 29.8 Å². The van der Waals surface area contributed by atoms with E-state index < -0.39 is 42.1 Å². The summed E-state index contributed by atoms with van der Waals surface area (Å²) in [5.74, 6) is -1.02. The van der Waals surface area contributed by atoms with Crippen LogP contribution in [0.5, 0.6) is 0 Å². The number of primary amides is 1. The Morgan fingerprint density at radius 1 is 0.949 bits per heavy atom. The number of methoxy groups -OCH3 is 1. The lowest BCUT2D eigenvalue weighted by Gasteiger charge is -2.22. The normalized spacial score (nSPS) is 12.1. The van der Waals surface area contributed by atoms with E-state index in [-0.39, 0.29) is 38.6 Å². The highest BCUT2D eigenvalue weighted by Crippen LogP contribution is 2.13. The van der Waals surface area contributed by atoms with Gasteiger partial charge in [-0.1, -0.05) is 26.0 Å². The number of nitrogens with one attached hydrogen (secondary N) is 3. The summed E-state index contributed by atoms with van der Waals surface area (Å²) in [7, 11) is 4.39. The first-order valence-corrected chi connectivity index (χ1v) is 12.5. The quantitative estimate of drug-likeness (QED) is 0.209. The number of likely N-dealkylation sites (N-methyl/N-ethyl adjacent to an activating group) is 2. The summed E-state index contributed by atoms with van der Waals surface area (Å²) in [6, 6.07) is 4.32. The van der Waals surface area contributed by atoms with Crippen LogP contribution in [0.3, 0.4) is 0 Å². The van der Waals surface area contributed by atoms with Crippen molar-refractivity contribution in [1.82, 2.24) is 20.4 Å². The van der Waals surface area contributed by atoms with E-state index in [1.54, 1.807) is 52.2 Å². The van der Waals surface area contributed by atoms with Gasteiger partial charge in [0.1, 0.15) is 12.6 Å². The number of amides is 6. The molecule has 0 aromatic heterocycles. The van der Waals surface area contributed by atoms with Crippen molar-refractivity contribution in [3.63, 3.8) is 0 Å². The van der Waals surface area contributed by atoms with Gasteiger partial charge in [0.25, 0.3) is 0 Å². The number of carbonyl (C=O) groups is 5. The van der Waals surface area contributed by atoms with Gasteiger partial charge in [-0.15, -0.1) is 0 Å². The van der Waals surface area contributed by atoms with Crippen molar-refractivity contribution < 1.29 is 33.4 Å². The minimum atomic E-state index is -0.883. The molecule has 0 aliphatic heterocycles. The van der Waals surface area contributed by atoms with Gasteiger partial charge >= 0.3 is 18.2 Å². The second-order valence-corrected chi connectivity index (χ2v) is 9.32. The van der Waals surface area contributed by atoms with Gasteiger partial charge in [-0.3, -0.25) is 9.59 Å². The zero-order valence-electron chi connectivity index (χ0n) is 23.2. The van der Waals surface area contributed by atoms with Crippen LogP contribution in [0.4, 0.5) is 20.1 Å². The van der Waals surface area contributed by atoms with Gasteiger partial charge in [-0.05, 0) is 36.5 Å². The van der Waals surface area contributed by atoms with E-state index in [2.05, 4.69) is 20.7 Å². The number of hydrogen-bond acceptors (Lipinski definition) is 8. The lowest BCUT2D eigenvalue weighted by Crippen LogP contribution is -2.51. The lowest BCUT2D eigenvalue weighted by molar-refractivity contribution is -0.128. The first kappa shape index (κ1) is 33.0. The standard InChI is InChI=1S/C25H41N7O7/c1-16(2)20(26)22(34)30-19(7-6-12-28-23(27)35)21(33)29-18-10-8-17(9-11-18)15-39-25(37)32(4)14-13-31(3)24(36)38-5/h8-11,16,19-20H,6-7,12-15,26H2,1-5H3,(H,29,33)(H,30,34)(H3,27,28,35)/t19-,20-/m1/s1. The molecular formula is C25H41N7O7. The summed E-state index contributed by atoms with van der Waals surface area (Å²) in [5.41, 5.74) is 12.1. The summed E-state index contributed by atoms with van der Waals surface area (Å²) in [4.78, 5) is 62.6. The van der Waals surface area contributed by atoms with E-state index in [4.69, 9.17) is 16.2 Å². The Bertz CT molecular complexity index is 972. The SMILES string of the molecule is COC(=O)N(C)CCN(C)C(=O)OCc1ccc(NC(=O)[C@@H](CCCNC(N)=O)NC(=O)[C@H](N)C(C)C)cc1. The van der Waals surface area contributed by atoms with Gasteiger partial charge in [0.15, 0.2) is 0 Å². The second kappa shape index (κ2) is 16.7. The van der Waals surface area contributed by atoms with Crippen molar-refractivity contribution in [1.29, 1.82) is 0 Å². The zero-order chi connectivity index (χ0) is 29.5. The summed E-state index contributed by atoms with van der Waals surface area (Å²) in [6.07, 6.45) is -0.415. The number of ether oxygens (including phenoxy) is 2. The molecule has 1 rings (SSSR count). The minimum absolute atomic E-state index is 0.00285. The predicted octanol–water partition coefficient (Wildman–Crippen LogP) is 0.808. The maximum atomic E-state index is 12.9. The number of carbonyl (C=O) groups excluding carboxylic acids is 5. The highest BCUT2D eigenvalue weighted by atomic mass is 16.6. The molecule has 218 valence electrons. The number of nitrogens with two attached hydrogens (primary N) is 2. The smallest absolute Gasteiger partial charge is 0.409 e. The monoisotopic (exact) mass is 551 g/mol. The highest BCUT2D eigenvalue weighted by molar-refractivity contribution is 5.97. The maximum absolute atomic E-state index is 12.9. The Balaban J connectivity index is 2.67. The summed E-state index contributed by atoms with van der Waals surface area (Å²) in [6.45, 7) is 4.39. The van der Waals surface area contributed by atoms with Crippen LogP contribution in [0.1, 0.15) is 32.3 Å². The van der Waals surface area contributed by atoms with Crippen molar-refractivity contribution in [2.75, 3.05) is 46.2 Å². The summed E-state index contributed by atoms with van der Waals surface area (Å²) < 4.78 is 9.90. The van der Waals surface area contributed by atoms with Gasteiger partial charge in [0.2, 0.25) is 11.8 Å². The molecule has 1 aromatic carbocycles. The molecule has 0 saturated carbocycles. The van der Waals surface area contributed by atoms with Crippen LogP contribution in [0.15, 0.2) is 24.3 Å². The van der Waals surface area contributed by atoms with Crippen LogP contribution < -0.4 is 27.4 Å². The van der Waals surface area contributed by atoms with Gasteiger partial charge in [-0.2, -0.15) is 0 Å². The molecule has 0 bridgehead atoms. The lowest BCUT2D eigenvalue weighted by atomic mass is 10.0. The molecule has 39 heavy (non-hydrogen) atoms. The number of nitrogens with zero attached hydrogens (tertiary/aromatic N) is 2. The fourth-order valence-corrected chi connectivity index (χ4v) is 3.16. The van der Waals surface area contributed by atoms with Gasteiger partial charge in [0, 0.05) is 39.4 Å². The Morgan fingerprint density at radius 3 is 2.08 bits per heavy atom. The molecule has 0 unspecified atom stereocenters. The third kappa shape index (κ3) is 12.3. The van der Waals surface area contributed by atoms with E-state index in [9.17, 15) is 24.0 Å². The fourth-order valence-electron chi connectivity index (χ4n) is 3.16. The topological polar surface area (TPSA) is 198 Å². The van der Waals surface area contributed by atoms with E-state index in [0.29, 0.717) is 17.7 Å². The number of anilines is 1. The second-order valence-electron chi connectivity index (χ2n) is 9.32. The van der Waals surface area contributed by atoms with Crippen LogP contribution in [0.2, 0.25) is 0 Å². The molecule has 0 fully saturated rings. The van der Waals surface area contributed by atoms with Crippen molar-refractivity contribution in [3.8, 4) is 0 Å². The van der Waals surface area contributed by atoms with Crippen LogP contribution >= 0.6 is 0 Å². The molecule has 0 radical (unpaired) electrons. The number of benzene rings is 1. The Morgan fingerprint density at radius 2 is 1.54 bits per heavy atom. The Hall–Kier alpha value is -4.07. The molecule has 0 spiro atoms. The average Bonchev–Trinajstić information content (AvgIpc) is 2.90. The number of hydrogen-bond donors (Lipinski definition) is 5. The number of urea groups is 1. The number of rotatable bonds is 14. The van der Waals surface area contributed by atoms with Crippen molar-refractivity contribution in [2.24, 2.45) is 17.4 Å². The van der Waals surface area contributed by atoms with Crippen LogP contribution in [0, 0.1) is 5.92 Å². The minimum Gasteiger partial charge on any atom is -0.453 e. The third-order valence-electron chi connectivity index (χ3n) is 5.78. The van der Waals surface area contributed by atoms with Crippen LogP contribution in [0.25, 0.3) is 0 Å². The maximum Gasteiger partial charge on any atom is 0.409 e. The molecule has 1 aromatic rings. The molecule has 6 amide bonds. The molecule has 14 nitrogen and oxygen atoms in total. The highest BCUT2D eigenvalue weighted by Gasteiger charge is 2.25. The summed E-state index contributed by atoms with van der Waals surface area (Å²) >= 11 is 0. The van der Waals surface area contributed by atoms with Crippen LogP contribution in [-0.2, 0) is 25.7 Å². The fraction of sp³-hybridized carbons (Fsp3) is 0.560. The van der Waals surface area contributed by atoms with Crippen molar-refractivity contribution in [2.45, 2.75) is 45.4 Å². The van der Waals surface area contributed by atoms with E-state index in [1.165, 1.54) is 16.9 Å². The van der Waals surface area contributed by atoms with Gasteiger partial charge in [0.05, 0.1) is 13.2 Å². The van der Waals surface area contributed by atoms with E-state index >= 15 is 0 Å². The molecule has 14 heteroatoms. The summed E-state index contributed by atoms with van der Waals surface area (Å²) in [5, 5.41) is 7.87. The molecule has 7 N–H and O–H groups in total. The first-order chi connectivity index (χ1) is 18.3. The Labute approximate surface area is 228 Å². The zero-order valence-corrected chi connectivity index (χ0v) is 23.2. The van der Waals surface area contributed by atoms with Crippen LogP contribution in [-0.4, -0.2) is 92.8 Å². The van der Waals surface area contributed by atoms with E-state index in [1.807, 2.05) is 0 Å². The van der Waals surface area contributed by atoms with Gasteiger partial charge in [-0.25, -0.2) is 14.4 Å². The molecule has 0 aliphatic rings. The van der Waals surface area contributed by atoms with Crippen molar-refractivity contribution >= 4 is 35.7 Å². The molecular weight excluding hydrogens is 510 g/mol. The van der Waals surface area contributed by atoms with E-state index in [0.717, 1.165) is 0 Å².